The van der Waals surface area contributed by atoms with Gasteiger partial charge in [-0.05, 0) is 13.3 Å². The summed E-state index contributed by atoms with van der Waals surface area (Å²) >= 11 is 0. The highest BCUT2D eigenvalue weighted by Gasteiger charge is 2.38. The molecule has 78 valence electrons. The van der Waals surface area contributed by atoms with Crippen LogP contribution in [-0.4, -0.2) is 42.8 Å². The van der Waals surface area contributed by atoms with Gasteiger partial charge in [-0.1, -0.05) is 0 Å². The van der Waals surface area contributed by atoms with Crippen molar-refractivity contribution in [2.45, 2.75) is 13.3 Å². The molecule has 14 heavy (non-hydrogen) atoms. The minimum atomic E-state index is -0.902. The molecule has 5 heteroatoms. The van der Waals surface area contributed by atoms with E-state index >= 15 is 0 Å². The summed E-state index contributed by atoms with van der Waals surface area (Å²) in [6.45, 7) is 2.30. The van der Waals surface area contributed by atoms with E-state index in [0.717, 1.165) is 0 Å². The second kappa shape index (κ2) is 4.21. The number of likely N-dealkylation sites (tertiary alicyclic amines) is 1. The first kappa shape index (κ1) is 10.7. The summed E-state index contributed by atoms with van der Waals surface area (Å²) in [6, 6.07) is 0. The summed E-state index contributed by atoms with van der Waals surface area (Å²) < 4.78 is 4.54. The summed E-state index contributed by atoms with van der Waals surface area (Å²) in [5.74, 6) is -2.73. The predicted octanol–water partition coefficient (Wildman–Crippen LogP) is -0.403. The van der Waals surface area contributed by atoms with Crippen LogP contribution in [0.4, 0.5) is 0 Å². The number of ether oxygens (including phenoxy) is 1. The van der Waals surface area contributed by atoms with Crippen LogP contribution in [0.5, 0.6) is 0 Å². The number of carbonyl (C=O) groups is 3. The minimum absolute atomic E-state index is 0.154. The van der Waals surface area contributed by atoms with Crippen LogP contribution in [0.2, 0.25) is 0 Å². The minimum Gasteiger partial charge on any atom is -0.460 e. The van der Waals surface area contributed by atoms with E-state index in [9.17, 15) is 14.4 Å². The molecular weight excluding hydrogens is 186 g/mol. The van der Waals surface area contributed by atoms with Crippen molar-refractivity contribution in [1.82, 2.24) is 4.90 Å². The highest BCUT2D eigenvalue weighted by molar-refractivity contribution is 6.38. The summed E-state index contributed by atoms with van der Waals surface area (Å²) in [7, 11) is 1.61. The first-order chi connectivity index (χ1) is 6.57. The van der Waals surface area contributed by atoms with Crippen molar-refractivity contribution in [2.75, 3.05) is 20.2 Å². The lowest BCUT2D eigenvalue weighted by molar-refractivity contribution is -0.157. The van der Waals surface area contributed by atoms with Gasteiger partial charge in [-0.2, -0.15) is 0 Å². The Balaban J connectivity index is 2.62. The molecule has 0 bridgehead atoms. The van der Waals surface area contributed by atoms with E-state index in [2.05, 4.69) is 4.74 Å². The molecule has 5 nitrogen and oxygen atoms in total. The molecule has 0 aromatic heterocycles. The molecule has 1 amide bonds. The molecule has 1 heterocycles. The number of nitrogens with zero attached hydrogens (tertiary/aromatic N) is 1. The second-order valence-electron chi connectivity index (χ2n) is 3.19. The topological polar surface area (TPSA) is 63.7 Å². The third kappa shape index (κ3) is 1.92. The van der Waals surface area contributed by atoms with Crippen LogP contribution in [0.1, 0.15) is 13.3 Å². The average molecular weight is 199 g/mol. The van der Waals surface area contributed by atoms with Crippen molar-refractivity contribution >= 4 is 17.7 Å². The van der Waals surface area contributed by atoms with E-state index in [1.165, 1.54) is 4.90 Å². The highest BCUT2D eigenvalue weighted by Crippen LogP contribution is 2.17. The zero-order valence-electron chi connectivity index (χ0n) is 8.28. The third-order valence-electron chi connectivity index (χ3n) is 2.22. The number of amides is 1. The van der Waals surface area contributed by atoms with Crippen LogP contribution in [-0.2, 0) is 19.1 Å². The third-order valence-corrected chi connectivity index (χ3v) is 2.22. The van der Waals surface area contributed by atoms with Gasteiger partial charge in [0.25, 0.3) is 5.78 Å². The lowest BCUT2D eigenvalue weighted by atomic mass is 10.0. The Kier molecular flexibility index (Phi) is 3.22. The molecular formula is C9H13NO4. The number of ketones is 1. The molecule has 0 aliphatic carbocycles. The number of esters is 1. The maximum Gasteiger partial charge on any atom is 0.375 e. The van der Waals surface area contributed by atoms with Crippen molar-refractivity contribution < 1.29 is 19.1 Å². The number of rotatable bonds is 3. The van der Waals surface area contributed by atoms with E-state index in [1.54, 1.807) is 14.0 Å². The molecule has 0 saturated carbocycles. The van der Waals surface area contributed by atoms with E-state index in [-0.39, 0.29) is 12.5 Å². The van der Waals surface area contributed by atoms with Crippen LogP contribution >= 0.6 is 0 Å². The summed E-state index contributed by atoms with van der Waals surface area (Å²) in [5.41, 5.74) is 0. The number of Topliss-reactive ketones (excluding diaryl/α,β-unsaturated/α-hetero) is 1. The summed E-state index contributed by atoms with van der Waals surface area (Å²) in [6.07, 6.45) is 0.410. The zero-order valence-corrected chi connectivity index (χ0v) is 8.28. The molecule has 0 aromatic carbocycles. The van der Waals surface area contributed by atoms with Gasteiger partial charge in [0.05, 0.1) is 6.61 Å². The van der Waals surface area contributed by atoms with Crippen molar-refractivity contribution in [2.24, 2.45) is 5.92 Å². The summed E-state index contributed by atoms with van der Waals surface area (Å²) in [4.78, 5) is 35.2. The van der Waals surface area contributed by atoms with Gasteiger partial charge < -0.3 is 9.64 Å². The smallest absolute Gasteiger partial charge is 0.375 e. The maximum atomic E-state index is 11.4. The molecule has 1 saturated heterocycles. The maximum absolute atomic E-state index is 11.4. The van der Waals surface area contributed by atoms with E-state index in [1.807, 2.05) is 0 Å². The lowest BCUT2D eigenvalue weighted by Crippen LogP contribution is -2.32. The summed E-state index contributed by atoms with van der Waals surface area (Å²) in [5, 5.41) is 0. The van der Waals surface area contributed by atoms with Gasteiger partial charge in [-0.15, -0.1) is 0 Å². The van der Waals surface area contributed by atoms with Crippen LogP contribution < -0.4 is 0 Å². The van der Waals surface area contributed by atoms with Gasteiger partial charge in [-0.3, -0.25) is 9.59 Å². The molecule has 1 fully saturated rings. The van der Waals surface area contributed by atoms with Gasteiger partial charge in [0, 0.05) is 13.6 Å². The van der Waals surface area contributed by atoms with Gasteiger partial charge in [0.2, 0.25) is 5.91 Å². The Morgan fingerprint density at radius 3 is 2.64 bits per heavy atom. The van der Waals surface area contributed by atoms with Gasteiger partial charge in [0.1, 0.15) is 5.92 Å². The molecule has 1 atom stereocenters. The normalized spacial score (nSPS) is 21.1. The van der Waals surface area contributed by atoms with E-state index in [0.29, 0.717) is 13.0 Å². The van der Waals surface area contributed by atoms with E-state index < -0.39 is 17.7 Å². The van der Waals surface area contributed by atoms with Gasteiger partial charge >= 0.3 is 5.97 Å². The fraction of sp³-hybridized carbons (Fsp3) is 0.667. The molecule has 0 aromatic rings. The quantitative estimate of drug-likeness (QED) is 0.352. The Morgan fingerprint density at radius 2 is 2.21 bits per heavy atom. The number of hydrogen-bond donors (Lipinski definition) is 0. The monoisotopic (exact) mass is 199 g/mol. The fourth-order valence-corrected chi connectivity index (χ4v) is 1.41. The molecule has 0 N–H and O–H groups in total. The highest BCUT2D eigenvalue weighted by atomic mass is 16.5. The molecule has 1 rings (SSSR count). The standard InChI is InChI=1S/C9H13NO4/c1-3-14-9(13)7(11)6-4-5-10(2)8(6)12/h6H,3-5H2,1-2H3/t6-/m0/s1. The fourth-order valence-electron chi connectivity index (χ4n) is 1.41. The number of carbonyl (C=O) groups excluding carboxylic acids is 3. The molecule has 1 aliphatic heterocycles. The van der Waals surface area contributed by atoms with Crippen LogP contribution in [0, 0.1) is 5.92 Å². The van der Waals surface area contributed by atoms with Crippen LogP contribution in [0.25, 0.3) is 0 Å². The molecule has 0 unspecified atom stereocenters. The molecule has 0 spiro atoms. The molecule has 1 aliphatic rings. The van der Waals surface area contributed by atoms with E-state index in [4.69, 9.17) is 0 Å². The average Bonchev–Trinajstić information content (AvgIpc) is 2.47. The Morgan fingerprint density at radius 1 is 1.57 bits per heavy atom. The van der Waals surface area contributed by atoms with Crippen molar-refractivity contribution in [3.8, 4) is 0 Å². The van der Waals surface area contributed by atoms with Crippen LogP contribution in [0.3, 0.4) is 0 Å². The van der Waals surface area contributed by atoms with Gasteiger partial charge in [0.15, 0.2) is 0 Å². The second-order valence-corrected chi connectivity index (χ2v) is 3.19. The Bertz CT molecular complexity index is 274. The first-order valence-corrected chi connectivity index (χ1v) is 4.53. The van der Waals surface area contributed by atoms with Gasteiger partial charge in [-0.25, -0.2) is 4.79 Å². The molecule has 0 radical (unpaired) electrons. The predicted molar refractivity (Wildman–Crippen MR) is 47.4 cm³/mol. The largest absolute Gasteiger partial charge is 0.460 e. The first-order valence-electron chi connectivity index (χ1n) is 4.53. The number of hydrogen-bond acceptors (Lipinski definition) is 4. The van der Waals surface area contributed by atoms with Crippen molar-refractivity contribution in [3.63, 3.8) is 0 Å². The Hall–Kier alpha value is -1.39. The van der Waals surface area contributed by atoms with Crippen molar-refractivity contribution in [3.05, 3.63) is 0 Å². The Labute approximate surface area is 82.0 Å². The lowest BCUT2D eigenvalue weighted by Gasteiger charge is -2.08. The SMILES string of the molecule is CCOC(=O)C(=O)[C@@H]1CCN(C)C1=O. The van der Waals surface area contributed by atoms with Crippen LogP contribution in [0.15, 0.2) is 0 Å². The van der Waals surface area contributed by atoms with Crippen molar-refractivity contribution in [1.29, 1.82) is 0 Å². The zero-order chi connectivity index (χ0) is 10.7.